The van der Waals surface area contributed by atoms with E-state index in [4.69, 9.17) is 10.5 Å². The smallest absolute Gasteiger partial charge is 0.252 e. The van der Waals surface area contributed by atoms with Crippen molar-refractivity contribution in [3.05, 3.63) is 0 Å². The van der Waals surface area contributed by atoms with Crippen molar-refractivity contribution < 1.29 is 19.1 Å². The average Bonchev–Trinajstić information content (AvgIpc) is 2.85. The summed E-state index contributed by atoms with van der Waals surface area (Å²) in [4.78, 5) is 36.8. The van der Waals surface area contributed by atoms with Crippen molar-refractivity contribution in [1.29, 1.82) is 0 Å². The van der Waals surface area contributed by atoms with Gasteiger partial charge in [-0.25, -0.2) is 0 Å². The Hall–Kier alpha value is -1.47. The van der Waals surface area contributed by atoms with E-state index in [0.717, 1.165) is 6.42 Å². The lowest BCUT2D eigenvalue weighted by atomic mass is 10.1. The molecular formula is C12H19N3O4. The molecule has 2 rings (SSSR count). The molecule has 0 spiro atoms. The van der Waals surface area contributed by atoms with Gasteiger partial charge in [-0.2, -0.15) is 0 Å². The third-order valence-corrected chi connectivity index (χ3v) is 3.57. The van der Waals surface area contributed by atoms with Crippen molar-refractivity contribution in [2.45, 2.75) is 44.4 Å². The number of nitrogens with one attached hydrogen (secondary N) is 1. The van der Waals surface area contributed by atoms with E-state index >= 15 is 0 Å². The number of amides is 3. The van der Waals surface area contributed by atoms with Crippen molar-refractivity contribution in [3.63, 3.8) is 0 Å². The molecule has 0 aliphatic carbocycles. The number of nitrogens with zero attached hydrogens (tertiary/aromatic N) is 1. The maximum Gasteiger partial charge on any atom is 0.252 e. The van der Waals surface area contributed by atoms with E-state index in [-0.39, 0.29) is 18.6 Å². The summed E-state index contributed by atoms with van der Waals surface area (Å²) in [5.74, 6) is -1.15. The van der Waals surface area contributed by atoms with E-state index in [0.29, 0.717) is 19.4 Å². The molecule has 2 heterocycles. The van der Waals surface area contributed by atoms with Gasteiger partial charge >= 0.3 is 0 Å². The van der Waals surface area contributed by atoms with Gasteiger partial charge in [0.25, 0.3) is 5.91 Å². The standard InChI is InChI=1S/C12H19N3O4/c1-2-8-11(17)14-10(16)6-15(8)12(18)9-4-3-7(5-13)19-9/h7-9H,2-6,13H2,1H3,(H,14,16,17). The zero-order valence-electron chi connectivity index (χ0n) is 10.9. The number of hydrogen-bond acceptors (Lipinski definition) is 5. The molecule has 2 fully saturated rings. The first kappa shape index (κ1) is 14.0. The fraction of sp³-hybridized carbons (Fsp3) is 0.750. The Balaban J connectivity index is 2.08. The molecule has 2 saturated heterocycles. The average molecular weight is 269 g/mol. The van der Waals surface area contributed by atoms with Crippen molar-refractivity contribution in [1.82, 2.24) is 10.2 Å². The Labute approximate surface area is 111 Å². The lowest BCUT2D eigenvalue weighted by molar-refractivity contribution is -0.156. The SMILES string of the molecule is CCC1C(=O)NC(=O)CN1C(=O)C1CCC(CN)O1. The van der Waals surface area contributed by atoms with Crippen LogP contribution in [0.3, 0.4) is 0 Å². The minimum absolute atomic E-state index is 0.0871. The highest BCUT2D eigenvalue weighted by Crippen LogP contribution is 2.22. The molecular weight excluding hydrogens is 250 g/mol. The van der Waals surface area contributed by atoms with E-state index in [1.54, 1.807) is 6.92 Å². The maximum atomic E-state index is 12.4. The van der Waals surface area contributed by atoms with Crippen molar-refractivity contribution in [2.24, 2.45) is 5.73 Å². The second kappa shape index (κ2) is 5.66. The molecule has 2 aliphatic rings. The summed E-state index contributed by atoms with van der Waals surface area (Å²) >= 11 is 0. The minimum atomic E-state index is -0.592. The van der Waals surface area contributed by atoms with E-state index in [2.05, 4.69) is 5.32 Å². The van der Waals surface area contributed by atoms with Gasteiger partial charge < -0.3 is 15.4 Å². The number of carbonyl (C=O) groups excluding carboxylic acids is 3. The highest BCUT2D eigenvalue weighted by molar-refractivity contribution is 6.04. The molecule has 106 valence electrons. The van der Waals surface area contributed by atoms with Crippen LogP contribution >= 0.6 is 0 Å². The summed E-state index contributed by atoms with van der Waals surface area (Å²) in [5.41, 5.74) is 5.50. The van der Waals surface area contributed by atoms with E-state index < -0.39 is 24.0 Å². The quantitative estimate of drug-likeness (QED) is 0.624. The van der Waals surface area contributed by atoms with Gasteiger partial charge in [-0.05, 0) is 19.3 Å². The van der Waals surface area contributed by atoms with Gasteiger partial charge in [0.05, 0.1) is 6.10 Å². The predicted molar refractivity (Wildman–Crippen MR) is 65.9 cm³/mol. The van der Waals surface area contributed by atoms with Gasteiger partial charge in [0, 0.05) is 6.54 Å². The molecule has 2 aliphatic heterocycles. The number of hydrogen-bond donors (Lipinski definition) is 2. The number of nitrogens with two attached hydrogens (primary N) is 1. The first-order chi connectivity index (χ1) is 9.06. The van der Waals surface area contributed by atoms with Crippen LogP contribution < -0.4 is 11.1 Å². The molecule has 3 amide bonds. The highest BCUT2D eigenvalue weighted by Gasteiger charge is 2.40. The topological polar surface area (TPSA) is 102 Å². The van der Waals surface area contributed by atoms with Crippen LogP contribution in [0.15, 0.2) is 0 Å². The predicted octanol–water partition coefficient (Wildman–Crippen LogP) is -1.24. The van der Waals surface area contributed by atoms with E-state index in [9.17, 15) is 14.4 Å². The first-order valence-electron chi connectivity index (χ1n) is 6.56. The molecule has 3 N–H and O–H groups in total. The highest BCUT2D eigenvalue weighted by atomic mass is 16.5. The molecule has 3 unspecified atom stereocenters. The summed E-state index contributed by atoms with van der Waals surface area (Å²) in [6.45, 7) is 2.09. The van der Waals surface area contributed by atoms with Crippen molar-refractivity contribution in [3.8, 4) is 0 Å². The Bertz CT molecular complexity index is 398. The Morgan fingerprint density at radius 3 is 2.79 bits per heavy atom. The van der Waals surface area contributed by atoms with Crippen LogP contribution in [0.5, 0.6) is 0 Å². The van der Waals surface area contributed by atoms with Crippen LogP contribution in [0.25, 0.3) is 0 Å². The van der Waals surface area contributed by atoms with Gasteiger partial charge in [0.2, 0.25) is 11.8 Å². The van der Waals surface area contributed by atoms with Gasteiger partial charge in [-0.15, -0.1) is 0 Å². The lowest BCUT2D eigenvalue weighted by Gasteiger charge is -2.34. The minimum Gasteiger partial charge on any atom is -0.364 e. The summed E-state index contributed by atoms with van der Waals surface area (Å²) in [6, 6.07) is -0.592. The molecule has 7 heteroatoms. The van der Waals surface area contributed by atoms with Gasteiger partial charge in [0.15, 0.2) is 0 Å². The summed E-state index contributed by atoms with van der Waals surface area (Å²) in [6.07, 6.45) is 1.10. The zero-order valence-corrected chi connectivity index (χ0v) is 10.9. The van der Waals surface area contributed by atoms with E-state index in [1.807, 2.05) is 0 Å². The first-order valence-corrected chi connectivity index (χ1v) is 6.56. The fourth-order valence-electron chi connectivity index (χ4n) is 2.55. The fourth-order valence-corrected chi connectivity index (χ4v) is 2.55. The lowest BCUT2D eigenvalue weighted by Crippen LogP contribution is -2.61. The molecule has 0 radical (unpaired) electrons. The number of rotatable bonds is 3. The van der Waals surface area contributed by atoms with Gasteiger partial charge in [0.1, 0.15) is 18.7 Å². The molecule has 7 nitrogen and oxygen atoms in total. The van der Waals surface area contributed by atoms with Gasteiger partial charge in [-0.1, -0.05) is 6.92 Å². The molecule has 0 aromatic heterocycles. The van der Waals surface area contributed by atoms with Crippen LogP contribution in [0, 0.1) is 0 Å². The summed E-state index contributed by atoms with van der Waals surface area (Å²) in [7, 11) is 0. The third kappa shape index (κ3) is 2.76. The number of ether oxygens (including phenoxy) is 1. The molecule has 3 atom stereocenters. The maximum absolute atomic E-state index is 12.4. The second-order valence-corrected chi connectivity index (χ2v) is 4.86. The second-order valence-electron chi connectivity index (χ2n) is 4.86. The van der Waals surface area contributed by atoms with E-state index in [1.165, 1.54) is 4.90 Å². The molecule has 0 saturated carbocycles. The Morgan fingerprint density at radius 2 is 2.21 bits per heavy atom. The summed E-state index contributed by atoms with van der Waals surface area (Å²) < 4.78 is 5.53. The molecule has 0 aromatic carbocycles. The Kier molecular flexibility index (Phi) is 4.16. The van der Waals surface area contributed by atoms with Gasteiger partial charge in [-0.3, -0.25) is 19.7 Å². The molecule has 0 bridgehead atoms. The third-order valence-electron chi connectivity index (χ3n) is 3.57. The number of carbonyl (C=O) groups is 3. The van der Waals surface area contributed by atoms with Crippen LogP contribution in [0.4, 0.5) is 0 Å². The molecule has 19 heavy (non-hydrogen) atoms. The van der Waals surface area contributed by atoms with Crippen LogP contribution in [0.2, 0.25) is 0 Å². The number of imide groups is 1. The van der Waals surface area contributed by atoms with Crippen LogP contribution in [-0.4, -0.2) is 54.0 Å². The zero-order chi connectivity index (χ0) is 14.0. The summed E-state index contributed by atoms with van der Waals surface area (Å²) in [5, 5.41) is 2.24. The Morgan fingerprint density at radius 1 is 1.47 bits per heavy atom. The van der Waals surface area contributed by atoms with Crippen LogP contribution in [-0.2, 0) is 19.1 Å². The largest absolute Gasteiger partial charge is 0.364 e. The van der Waals surface area contributed by atoms with Crippen LogP contribution in [0.1, 0.15) is 26.2 Å². The van der Waals surface area contributed by atoms with Crippen molar-refractivity contribution >= 4 is 17.7 Å². The monoisotopic (exact) mass is 269 g/mol. The number of piperazine rings is 1. The normalized spacial score (nSPS) is 31.5. The van der Waals surface area contributed by atoms with Crippen molar-refractivity contribution in [2.75, 3.05) is 13.1 Å². The molecule has 0 aromatic rings.